The van der Waals surface area contributed by atoms with Crippen molar-refractivity contribution in [2.45, 2.75) is 66.5 Å². The molecule has 1 heterocycles. The molecule has 37 heavy (non-hydrogen) atoms. The maximum Gasteiger partial charge on any atom is 0.256 e. The number of fused-ring (bicyclic) bond motifs is 2. The summed E-state index contributed by atoms with van der Waals surface area (Å²) in [6.07, 6.45) is 4.24. The fourth-order valence-electron chi connectivity index (χ4n) is 4.99. The number of carbonyl (C=O) groups is 3. The average molecular weight is 511 g/mol. The van der Waals surface area contributed by atoms with Crippen LogP contribution in [0.15, 0.2) is 30.3 Å². The van der Waals surface area contributed by atoms with Crippen molar-refractivity contribution in [3.63, 3.8) is 0 Å². The van der Waals surface area contributed by atoms with E-state index >= 15 is 0 Å². The fourth-order valence-corrected chi connectivity index (χ4v) is 4.99. The highest BCUT2D eigenvalue weighted by molar-refractivity contribution is 6.01. The van der Waals surface area contributed by atoms with Crippen LogP contribution in [0.1, 0.15) is 72.6 Å². The minimum absolute atomic E-state index is 0. The van der Waals surface area contributed by atoms with Gasteiger partial charge in [0.1, 0.15) is 5.82 Å². The number of anilines is 1. The van der Waals surface area contributed by atoms with Crippen molar-refractivity contribution in [1.29, 1.82) is 0 Å². The van der Waals surface area contributed by atoms with E-state index in [1.807, 2.05) is 24.1 Å². The number of rotatable bonds is 10. The van der Waals surface area contributed by atoms with Crippen LogP contribution in [0.5, 0.6) is 0 Å². The topological polar surface area (TPSA) is 73.0 Å². The van der Waals surface area contributed by atoms with E-state index in [2.05, 4.69) is 12.2 Å². The highest BCUT2D eigenvalue weighted by atomic mass is 19.1. The van der Waals surface area contributed by atoms with Crippen LogP contribution in [-0.4, -0.2) is 54.3 Å². The Bertz CT molecular complexity index is 1170. The lowest BCUT2D eigenvalue weighted by atomic mass is 10.0. The van der Waals surface area contributed by atoms with E-state index in [9.17, 15) is 18.8 Å². The summed E-state index contributed by atoms with van der Waals surface area (Å²) in [4.78, 5) is 40.4. The van der Waals surface area contributed by atoms with Gasteiger partial charge in [0.25, 0.3) is 5.91 Å². The number of hydrogen-bond donors (Lipinski definition) is 1. The Morgan fingerprint density at radius 2 is 1.78 bits per heavy atom. The van der Waals surface area contributed by atoms with Gasteiger partial charge in [0.05, 0.1) is 13.1 Å². The molecule has 0 bridgehead atoms. The van der Waals surface area contributed by atoms with Gasteiger partial charge in [-0.1, -0.05) is 39.3 Å². The van der Waals surface area contributed by atoms with Crippen molar-refractivity contribution >= 4 is 23.3 Å². The number of halogens is 1. The van der Waals surface area contributed by atoms with E-state index < -0.39 is 0 Å². The fraction of sp³-hybridized carbons (Fsp3) is 0.483. The third-order valence-corrected chi connectivity index (χ3v) is 7.11. The summed E-state index contributed by atoms with van der Waals surface area (Å²) in [5.41, 5.74) is 5.22. The maximum absolute atomic E-state index is 13.7. The standard InChI is InChI=1S/C28H35FN4O3.CH4/c1-4-5-6-11-30-27(35)17-32(25-14-24-20(12-19(25)2)8-10-26(24)34)18-28(36)31(3)33-15-21-7-9-23(29)13-22(21)16-33;/h7,9,12-14H,4-6,8,10-11,15-18H2,1-3H3,(H,30,35);1H4. The highest BCUT2D eigenvalue weighted by Crippen LogP contribution is 2.31. The normalized spacial score (nSPS) is 14.1. The lowest BCUT2D eigenvalue weighted by Crippen LogP contribution is -2.48. The van der Waals surface area contributed by atoms with Crippen LogP contribution in [0.2, 0.25) is 0 Å². The first-order chi connectivity index (χ1) is 17.3. The molecular weight excluding hydrogens is 471 g/mol. The summed E-state index contributed by atoms with van der Waals surface area (Å²) in [7, 11) is 1.70. The molecule has 8 heteroatoms. The molecular formula is C29H39FN4O3. The molecule has 0 unspecified atom stereocenters. The van der Waals surface area contributed by atoms with Gasteiger partial charge in [0, 0.05) is 44.4 Å². The molecule has 7 nitrogen and oxygen atoms in total. The van der Waals surface area contributed by atoms with E-state index in [0.29, 0.717) is 31.6 Å². The second-order valence-electron chi connectivity index (χ2n) is 9.79. The summed E-state index contributed by atoms with van der Waals surface area (Å²) >= 11 is 0. The molecule has 0 radical (unpaired) electrons. The lowest BCUT2D eigenvalue weighted by Gasteiger charge is -2.32. The minimum Gasteiger partial charge on any atom is -0.355 e. The molecule has 2 amide bonds. The van der Waals surface area contributed by atoms with Crippen LogP contribution >= 0.6 is 0 Å². The van der Waals surface area contributed by atoms with Crippen molar-refractivity contribution in [2.75, 3.05) is 31.6 Å². The molecule has 1 aliphatic carbocycles. The molecule has 1 N–H and O–H groups in total. The van der Waals surface area contributed by atoms with Crippen molar-refractivity contribution in [1.82, 2.24) is 15.3 Å². The molecule has 0 saturated carbocycles. The average Bonchev–Trinajstić information content (AvgIpc) is 3.43. The summed E-state index contributed by atoms with van der Waals surface area (Å²) < 4.78 is 13.7. The van der Waals surface area contributed by atoms with Crippen molar-refractivity contribution in [2.24, 2.45) is 0 Å². The van der Waals surface area contributed by atoms with Crippen molar-refractivity contribution in [3.8, 4) is 0 Å². The number of nitrogens with one attached hydrogen (secondary N) is 1. The Balaban J connectivity index is 0.00000380. The number of nitrogens with zero attached hydrogens (tertiary/aromatic N) is 3. The molecule has 0 saturated heterocycles. The van der Waals surface area contributed by atoms with E-state index in [1.165, 1.54) is 12.1 Å². The number of benzene rings is 2. The van der Waals surface area contributed by atoms with Crippen molar-refractivity contribution in [3.05, 3.63) is 64.0 Å². The van der Waals surface area contributed by atoms with Gasteiger partial charge in [-0.05, 0) is 60.2 Å². The summed E-state index contributed by atoms with van der Waals surface area (Å²) in [5, 5.41) is 6.38. The smallest absolute Gasteiger partial charge is 0.256 e. The number of aryl methyl sites for hydroxylation is 2. The monoisotopic (exact) mass is 510 g/mol. The summed E-state index contributed by atoms with van der Waals surface area (Å²) in [5.74, 6) is -0.534. The number of carbonyl (C=O) groups excluding carboxylic acids is 3. The summed E-state index contributed by atoms with van der Waals surface area (Å²) in [6.45, 7) is 5.61. The summed E-state index contributed by atoms with van der Waals surface area (Å²) in [6, 6.07) is 8.54. The third kappa shape index (κ3) is 6.55. The second-order valence-corrected chi connectivity index (χ2v) is 9.79. The molecule has 2 aromatic carbocycles. The van der Waals surface area contributed by atoms with Crippen LogP contribution in [0.25, 0.3) is 0 Å². The van der Waals surface area contributed by atoms with Gasteiger partial charge in [-0.3, -0.25) is 19.4 Å². The quantitative estimate of drug-likeness (QED) is 0.480. The van der Waals surface area contributed by atoms with Crippen LogP contribution in [0, 0.1) is 12.7 Å². The molecule has 2 aliphatic rings. The van der Waals surface area contributed by atoms with E-state index in [4.69, 9.17) is 0 Å². The van der Waals surface area contributed by atoms with Gasteiger partial charge in [0.2, 0.25) is 5.91 Å². The number of amides is 2. The van der Waals surface area contributed by atoms with E-state index in [0.717, 1.165) is 53.6 Å². The van der Waals surface area contributed by atoms with Crippen LogP contribution in [0.3, 0.4) is 0 Å². The second kappa shape index (κ2) is 12.3. The lowest BCUT2D eigenvalue weighted by molar-refractivity contribution is -0.145. The molecule has 0 spiro atoms. The first kappa shape index (κ1) is 28.3. The predicted octanol–water partition coefficient (Wildman–Crippen LogP) is 4.40. The zero-order valence-corrected chi connectivity index (χ0v) is 21.4. The van der Waals surface area contributed by atoms with Crippen LogP contribution < -0.4 is 10.2 Å². The molecule has 200 valence electrons. The maximum atomic E-state index is 13.7. The van der Waals surface area contributed by atoms with Gasteiger partial charge in [-0.25, -0.2) is 9.40 Å². The van der Waals surface area contributed by atoms with Gasteiger partial charge < -0.3 is 10.2 Å². The molecule has 0 atom stereocenters. The SMILES string of the molecule is C.CCCCCNC(=O)CN(CC(=O)N(C)N1Cc2ccc(F)cc2C1)c1cc2c(cc1C)CCC2=O. The highest BCUT2D eigenvalue weighted by Gasteiger charge is 2.28. The van der Waals surface area contributed by atoms with Crippen molar-refractivity contribution < 1.29 is 18.8 Å². The third-order valence-electron chi connectivity index (χ3n) is 7.11. The van der Waals surface area contributed by atoms with E-state index in [1.54, 1.807) is 23.0 Å². The van der Waals surface area contributed by atoms with Crippen LogP contribution in [-0.2, 0) is 29.1 Å². The first-order valence-corrected chi connectivity index (χ1v) is 12.7. The number of Topliss-reactive ketones (excluding diaryl/α,β-unsaturated/α-hetero) is 1. The van der Waals surface area contributed by atoms with Gasteiger partial charge in [-0.15, -0.1) is 0 Å². The zero-order chi connectivity index (χ0) is 25.8. The molecule has 1 aliphatic heterocycles. The molecule has 0 aromatic heterocycles. The zero-order valence-electron chi connectivity index (χ0n) is 21.4. The van der Waals surface area contributed by atoms with E-state index in [-0.39, 0.29) is 43.9 Å². The Morgan fingerprint density at radius 3 is 2.54 bits per heavy atom. The molecule has 2 aromatic rings. The van der Waals surface area contributed by atoms with Gasteiger partial charge in [0.15, 0.2) is 5.78 Å². The Labute approximate surface area is 219 Å². The Kier molecular flexibility index (Phi) is 9.43. The number of unbranched alkanes of at least 4 members (excludes halogenated alkanes) is 2. The Morgan fingerprint density at radius 1 is 1.03 bits per heavy atom. The largest absolute Gasteiger partial charge is 0.355 e. The molecule has 0 fully saturated rings. The molecule has 4 rings (SSSR count). The number of likely N-dealkylation sites (N-methyl/N-ethyl adjacent to an activating group) is 1. The van der Waals surface area contributed by atoms with Gasteiger partial charge >= 0.3 is 0 Å². The van der Waals surface area contributed by atoms with Crippen LogP contribution in [0.4, 0.5) is 10.1 Å². The number of hydrogen-bond acceptors (Lipinski definition) is 5. The van der Waals surface area contributed by atoms with Gasteiger partial charge in [-0.2, -0.15) is 0 Å². The number of ketones is 1. The first-order valence-electron chi connectivity index (χ1n) is 12.7. The predicted molar refractivity (Wildman–Crippen MR) is 144 cm³/mol. The number of hydrazine groups is 1. The minimum atomic E-state index is -0.290. The Hall–Kier alpha value is -3.26.